The average Bonchev–Trinajstić information content (AvgIpc) is 3.07. The quantitative estimate of drug-likeness (QED) is 0.563. The summed E-state index contributed by atoms with van der Waals surface area (Å²) in [6.45, 7) is 4.82. The summed E-state index contributed by atoms with van der Waals surface area (Å²) in [6, 6.07) is 3.02. The number of pyridine rings is 1. The number of nitrogens with zero attached hydrogens (tertiary/aromatic N) is 2. The molecule has 0 atom stereocenters. The highest BCUT2D eigenvalue weighted by atomic mass is 32.1. The molecular formula is C21H25N3O7S. The number of amides is 2. The van der Waals surface area contributed by atoms with Crippen molar-refractivity contribution in [3.63, 3.8) is 0 Å². The SMILES string of the molecule is CCOC(=O)c1c(NC(=O)COC(=O)c2cccnc2OCC)sc(C(=O)N(C)C)c1C. The van der Waals surface area contributed by atoms with Crippen molar-refractivity contribution in [1.29, 1.82) is 0 Å². The van der Waals surface area contributed by atoms with Gasteiger partial charge >= 0.3 is 11.9 Å². The van der Waals surface area contributed by atoms with Crippen LogP contribution in [0.15, 0.2) is 18.3 Å². The first kappa shape index (κ1) is 24.8. The van der Waals surface area contributed by atoms with Crippen molar-refractivity contribution in [1.82, 2.24) is 9.88 Å². The molecule has 2 aromatic rings. The van der Waals surface area contributed by atoms with Crippen molar-refractivity contribution < 1.29 is 33.4 Å². The van der Waals surface area contributed by atoms with E-state index in [1.54, 1.807) is 40.9 Å². The van der Waals surface area contributed by atoms with Gasteiger partial charge in [0.1, 0.15) is 10.6 Å². The zero-order chi connectivity index (χ0) is 23.8. The first-order valence-electron chi connectivity index (χ1n) is 9.78. The lowest BCUT2D eigenvalue weighted by molar-refractivity contribution is -0.119. The van der Waals surface area contributed by atoms with Gasteiger partial charge in [0.05, 0.1) is 23.7 Å². The Balaban J connectivity index is 2.18. The van der Waals surface area contributed by atoms with Crippen molar-refractivity contribution in [3.8, 4) is 5.88 Å². The highest BCUT2D eigenvalue weighted by Crippen LogP contribution is 2.34. The Morgan fingerprint density at radius 3 is 2.44 bits per heavy atom. The fraction of sp³-hybridized carbons (Fsp3) is 0.381. The standard InChI is InChI=1S/C21H25N3O7S/c1-6-29-17-13(9-8-10-22-17)20(27)31-11-14(25)23-18-15(21(28)30-7-2)12(3)16(32-18)19(26)24(4)5/h8-10H,6-7,11H2,1-5H3,(H,23,25). The Kier molecular flexibility index (Phi) is 8.71. The Hall–Kier alpha value is -3.47. The van der Waals surface area contributed by atoms with Crippen LogP contribution in [0.3, 0.4) is 0 Å². The lowest BCUT2D eigenvalue weighted by Gasteiger charge is -2.09. The molecule has 0 bridgehead atoms. The second-order valence-electron chi connectivity index (χ2n) is 6.59. The summed E-state index contributed by atoms with van der Waals surface area (Å²) in [5.41, 5.74) is 0.573. The van der Waals surface area contributed by atoms with Crippen LogP contribution in [0.1, 0.15) is 49.8 Å². The molecule has 172 valence electrons. The first-order chi connectivity index (χ1) is 15.2. The van der Waals surface area contributed by atoms with Gasteiger partial charge in [-0.1, -0.05) is 0 Å². The molecule has 10 nitrogen and oxygen atoms in total. The van der Waals surface area contributed by atoms with Crippen molar-refractivity contribution in [2.45, 2.75) is 20.8 Å². The molecule has 32 heavy (non-hydrogen) atoms. The number of anilines is 1. The topological polar surface area (TPSA) is 124 Å². The van der Waals surface area contributed by atoms with E-state index in [9.17, 15) is 19.2 Å². The number of thiophene rings is 1. The molecule has 11 heteroatoms. The molecule has 0 aliphatic rings. The maximum Gasteiger partial charge on any atom is 0.344 e. The van der Waals surface area contributed by atoms with Crippen molar-refractivity contribution in [2.24, 2.45) is 0 Å². The van der Waals surface area contributed by atoms with E-state index in [4.69, 9.17) is 14.2 Å². The molecule has 2 amide bonds. The van der Waals surface area contributed by atoms with Crippen LogP contribution < -0.4 is 10.1 Å². The zero-order valence-electron chi connectivity index (χ0n) is 18.5. The number of hydrogen-bond donors (Lipinski definition) is 1. The first-order valence-corrected chi connectivity index (χ1v) is 10.6. The van der Waals surface area contributed by atoms with Gasteiger partial charge in [-0.15, -0.1) is 11.3 Å². The number of carbonyl (C=O) groups is 4. The fourth-order valence-corrected chi connectivity index (χ4v) is 3.86. The van der Waals surface area contributed by atoms with E-state index in [2.05, 4.69) is 10.3 Å². The van der Waals surface area contributed by atoms with Crippen molar-refractivity contribution >= 4 is 40.1 Å². The molecule has 0 aromatic carbocycles. The van der Waals surface area contributed by atoms with Crippen LogP contribution in [0.4, 0.5) is 5.00 Å². The van der Waals surface area contributed by atoms with Crippen molar-refractivity contribution in [3.05, 3.63) is 39.9 Å². The molecule has 0 saturated carbocycles. The van der Waals surface area contributed by atoms with E-state index in [1.165, 1.54) is 17.2 Å². The molecule has 0 saturated heterocycles. The van der Waals surface area contributed by atoms with Crippen LogP contribution in [-0.4, -0.2) is 67.6 Å². The molecule has 2 aromatic heterocycles. The Bertz CT molecular complexity index is 1020. The van der Waals surface area contributed by atoms with E-state index in [0.29, 0.717) is 17.0 Å². The molecule has 2 heterocycles. The van der Waals surface area contributed by atoms with Gasteiger partial charge in [0.25, 0.3) is 11.8 Å². The maximum atomic E-state index is 12.4. The smallest absolute Gasteiger partial charge is 0.344 e. The largest absolute Gasteiger partial charge is 0.477 e. The summed E-state index contributed by atoms with van der Waals surface area (Å²) in [4.78, 5) is 55.3. The zero-order valence-corrected chi connectivity index (χ0v) is 19.3. The minimum Gasteiger partial charge on any atom is -0.477 e. The van der Waals surface area contributed by atoms with Gasteiger partial charge in [-0.2, -0.15) is 0 Å². The minimum absolute atomic E-state index is 0.0835. The summed E-state index contributed by atoms with van der Waals surface area (Å²) in [6.07, 6.45) is 1.47. The summed E-state index contributed by atoms with van der Waals surface area (Å²) in [7, 11) is 3.16. The Morgan fingerprint density at radius 2 is 1.81 bits per heavy atom. The summed E-state index contributed by atoms with van der Waals surface area (Å²) < 4.78 is 15.4. The minimum atomic E-state index is -0.784. The monoisotopic (exact) mass is 463 g/mol. The van der Waals surface area contributed by atoms with Crippen LogP contribution in [0.5, 0.6) is 5.88 Å². The van der Waals surface area contributed by atoms with Crippen LogP contribution in [0, 0.1) is 6.92 Å². The highest BCUT2D eigenvalue weighted by molar-refractivity contribution is 7.18. The third kappa shape index (κ3) is 5.82. The molecule has 0 radical (unpaired) electrons. The molecule has 1 N–H and O–H groups in total. The number of carbonyl (C=O) groups excluding carboxylic acids is 4. The predicted molar refractivity (Wildman–Crippen MR) is 117 cm³/mol. The lowest BCUT2D eigenvalue weighted by Crippen LogP contribution is -2.22. The third-order valence-electron chi connectivity index (χ3n) is 4.09. The molecule has 2 rings (SSSR count). The molecule has 0 unspecified atom stereocenters. The van der Waals surface area contributed by atoms with Crippen LogP contribution in [-0.2, 0) is 14.3 Å². The van der Waals surface area contributed by atoms with Crippen LogP contribution >= 0.6 is 11.3 Å². The van der Waals surface area contributed by atoms with E-state index >= 15 is 0 Å². The number of rotatable bonds is 9. The maximum absolute atomic E-state index is 12.4. The second-order valence-corrected chi connectivity index (χ2v) is 7.61. The van der Waals surface area contributed by atoms with Crippen molar-refractivity contribution in [2.75, 3.05) is 39.2 Å². The third-order valence-corrected chi connectivity index (χ3v) is 5.28. The molecule has 0 fully saturated rings. The number of ether oxygens (including phenoxy) is 3. The van der Waals surface area contributed by atoms with Gasteiger partial charge in [-0.3, -0.25) is 9.59 Å². The van der Waals surface area contributed by atoms with E-state index < -0.39 is 24.5 Å². The van der Waals surface area contributed by atoms with Gasteiger partial charge in [0, 0.05) is 20.3 Å². The second kappa shape index (κ2) is 11.2. The fourth-order valence-electron chi connectivity index (χ4n) is 2.63. The molecule has 0 spiro atoms. The van der Waals surface area contributed by atoms with Gasteiger partial charge in [0.15, 0.2) is 6.61 Å². The normalized spacial score (nSPS) is 10.3. The van der Waals surface area contributed by atoms with E-state index in [1.807, 2.05) is 0 Å². The van der Waals surface area contributed by atoms with Gasteiger partial charge in [0.2, 0.25) is 5.88 Å². The summed E-state index contributed by atoms with van der Waals surface area (Å²) >= 11 is 0.950. The highest BCUT2D eigenvalue weighted by Gasteiger charge is 2.27. The molecule has 0 aliphatic carbocycles. The average molecular weight is 464 g/mol. The van der Waals surface area contributed by atoms with E-state index in [0.717, 1.165) is 11.3 Å². The van der Waals surface area contributed by atoms with Crippen LogP contribution in [0.25, 0.3) is 0 Å². The Morgan fingerprint density at radius 1 is 1.09 bits per heavy atom. The summed E-state index contributed by atoms with van der Waals surface area (Å²) in [5.74, 6) is -2.34. The molecule has 0 aliphatic heterocycles. The number of aromatic nitrogens is 1. The molecular weight excluding hydrogens is 438 g/mol. The lowest BCUT2D eigenvalue weighted by atomic mass is 10.1. The van der Waals surface area contributed by atoms with Gasteiger partial charge < -0.3 is 24.4 Å². The predicted octanol–water partition coefficient (Wildman–Crippen LogP) is 2.52. The van der Waals surface area contributed by atoms with E-state index in [-0.39, 0.29) is 34.5 Å². The Labute approximate surface area is 189 Å². The van der Waals surface area contributed by atoms with Gasteiger partial charge in [-0.05, 0) is 38.5 Å². The van der Waals surface area contributed by atoms with Crippen LogP contribution in [0.2, 0.25) is 0 Å². The van der Waals surface area contributed by atoms with Gasteiger partial charge in [-0.25, -0.2) is 14.6 Å². The number of esters is 2. The number of nitrogens with one attached hydrogen (secondary N) is 1. The number of hydrogen-bond acceptors (Lipinski definition) is 9. The summed E-state index contributed by atoms with van der Waals surface area (Å²) in [5, 5.41) is 2.68.